The molecule has 38 heavy (non-hydrogen) atoms. The number of pyridine rings is 3. The van der Waals surface area contributed by atoms with E-state index < -0.39 is 0 Å². The molecular weight excluding hydrogens is 478 g/mol. The van der Waals surface area contributed by atoms with Crippen LogP contribution in [0.1, 0.15) is 59.2 Å². The maximum atomic E-state index is 13.0. The van der Waals surface area contributed by atoms with Crippen molar-refractivity contribution in [3.8, 4) is 22.5 Å². The van der Waals surface area contributed by atoms with Crippen LogP contribution < -0.4 is 10.6 Å². The highest BCUT2D eigenvalue weighted by Crippen LogP contribution is 2.39. The smallest absolute Gasteiger partial charge is 0.255 e. The predicted molar refractivity (Wildman–Crippen MR) is 143 cm³/mol. The fourth-order valence-electron chi connectivity index (χ4n) is 4.34. The van der Waals surface area contributed by atoms with Gasteiger partial charge < -0.3 is 10.6 Å². The number of aromatic nitrogens is 5. The van der Waals surface area contributed by atoms with Gasteiger partial charge >= 0.3 is 0 Å². The molecule has 0 saturated heterocycles. The van der Waals surface area contributed by atoms with Crippen molar-refractivity contribution in [3.63, 3.8) is 0 Å². The van der Waals surface area contributed by atoms with Crippen LogP contribution in [-0.2, 0) is 4.79 Å². The third-order valence-corrected chi connectivity index (χ3v) is 6.75. The molecule has 190 valence electrons. The van der Waals surface area contributed by atoms with Gasteiger partial charge in [-0.15, -0.1) is 0 Å². The Labute approximate surface area is 220 Å². The van der Waals surface area contributed by atoms with Crippen LogP contribution in [0, 0.1) is 19.8 Å². The first-order valence-electron chi connectivity index (χ1n) is 12.8. The number of hydrogen-bond donors (Lipinski definition) is 2. The zero-order valence-corrected chi connectivity index (χ0v) is 21.2. The summed E-state index contributed by atoms with van der Waals surface area (Å²) in [4.78, 5) is 47.6. The van der Waals surface area contributed by atoms with Crippen molar-refractivity contribution in [2.75, 3.05) is 10.6 Å². The molecule has 0 aromatic carbocycles. The van der Waals surface area contributed by atoms with Gasteiger partial charge in [0.1, 0.15) is 11.6 Å². The van der Waals surface area contributed by atoms with Gasteiger partial charge in [0, 0.05) is 52.3 Å². The standard InChI is InChI=1S/C29H27N7O2/c1-16-23(13-22(15-32-16)35-29(38)21-8-9-30-24(11-21)18-3-4-18)26-14-25(33-17(2)34-26)20-7-10-31-27(12-20)36-28(37)19-5-6-19/h7-15,18-19H,3-6H2,1-2H3,(H,35,38)(H,31,36,37). The lowest BCUT2D eigenvalue weighted by atomic mass is 10.1. The monoisotopic (exact) mass is 505 g/mol. The maximum Gasteiger partial charge on any atom is 0.255 e. The lowest BCUT2D eigenvalue weighted by molar-refractivity contribution is -0.117. The largest absolute Gasteiger partial charge is 0.321 e. The average molecular weight is 506 g/mol. The Hall–Kier alpha value is -4.53. The van der Waals surface area contributed by atoms with E-state index in [1.807, 2.05) is 44.2 Å². The first-order valence-corrected chi connectivity index (χ1v) is 12.8. The van der Waals surface area contributed by atoms with Crippen molar-refractivity contribution in [2.45, 2.75) is 45.4 Å². The molecule has 0 spiro atoms. The second kappa shape index (κ2) is 9.74. The van der Waals surface area contributed by atoms with E-state index in [-0.39, 0.29) is 17.7 Å². The summed E-state index contributed by atoms with van der Waals surface area (Å²) in [5.41, 5.74) is 5.90. The second-order valence-electron chi connectivity index (χ2n) is 9.93. The predicted octanol–water partition coefficient (Wildman–Crippen LogP) is 5.09. The molecular formula is C29H27N7O2. The summed E-state index contributed by atoms with van der Waals surface area (Å²) in [6.07, 6.45) is 9.10. The molecule has 9 nitrogen and oxygen atoms in total. The van der Waals surface area contributed by atoms with Gasteiger partial charge in [-0.05, 0) is 75.9 Å². The highest BCUT2D eigenvalue weighted by molar-refractivity contribution is 6.04. The molecule has 4 aromatic rings. The molecule has 0 aliphatic heterocycles. The summed E-state index contributed by atoms with van der Waals surface area (Å²) < 4.78 is 0. The third-order valence-electron chi connectivity index (χ3n) is 6.75. The number of anilines is 2. The average Bonchev–Trinajstić information content (AvgIpc) is 3.83. The van der Waals surface area contributed by atoms with Crippen molar-refractivity contribution in [3.05, 3.63) is 77.8 Å². The van der Waals surface area contributed by atoms with Crippen molar-refractivity contribution in [1.29, 1.82) is 0 Å². The van der Waals surface area contributed by atoms with Crippen molar-refractivity contribution >= 4 is 23.3 Å². The van der Waals surface area contributed by atoms with Crippen LogP contribution in [0.5, 0.6) is 0 Å². The van der Waals surface area contributed by atoms with Gasteiger partial charge in [0.05, 0.1) is 23.3 Å². The molecule has 0 radical (unpaired) electrons. The van der Waals surface area contributed by atoms with Crippen LogP contribution in [-0.4, -0.2) is 36.7 Å². The number of carbonyl (C=O) groups is 2. The number of amides is 2. The maximum absolute atomic E-state index is 13.0. The van der Waals surface area contributed by atoms with Crippen LogP contribution in [0.2, 0.25) is 0 Å². The Morgan fingerprint density at radius 2 is 1.63 bits per heavy atom. The SMILES string of the molecule is Cc1nc(-c2ccnc(NC(=O)C3CC3)c2)cc(-c2cc(NC(=O)c3ccnc(C4CC4)c3)cnc2C)n1. The minimum absolute atomic E-state index is 0.00490. The van der Waals surface area contributed by atoms with E-state index in [9.17, 15) is 9.59 Å². The Kier molecular flexibility index (Phi) is 6.11. The number of carbonyl (C=O) groups excluding carboxylic acids is 2. The zero-order chi connectivity index (χ0) is 26.2. The van der Waals surface area contributed by atoms with Gasteiger partial charge in [0.2, 0.25) is 5.91 Å². The summed E-state index contributed by atoms with van der Waals surface area (Å²) in [6, 6.07) is 11.0. The van der Waals surface area contributed by atoms with Gasteiger partial charge in [0.25, 0.3) is 5.91 Å². The number of nitrogens with one attached hydrogen (secondary N) is 2. The Morgan fingerprint density at radius 1 is 0.842 bits per heavy atom. The lowest BCUT2D eigenvalue weighted by Crippen LogP contribution is -2.14. The molecule has 9 heteroatoms. The molecule has 4 heterocycles. The molecule has 2 N–H and O–H groups in total. The van der Waals surface area contributed by atoms with Gasteiger partial charge in [0.15, 0.2) is 0 Å². The summed E-state index contributed by atoms with van der Waals surface area (Å²) in [7, 11) is 0. The highest BCUT2D eigenvalue weighted by Gasteiger charge is 2.30. The quantitative estimate of drug-likeness (QED) is 0.359. The first kappa shape index (κ1) is 23.8. The molecule has 6 rings (SSSR count). The molecule has 2 aliphatic rings. The van der Waals surface area contributed by atoms with E-state index in [0.717, 1.165) is 48.2 Å². The molecule has 0 bridgehead atoms. The van der Waals surface area contributed by atoms with Crippen LogP contribution in [0.4, 0.5) is 11.5 Å². The van der Waals surface area contributed by atoms with E-state index in [0.29, 0.717) is 40.2 Å². The van der Waals surface area contributed by atoms with Crippen LogP contribution >= 0.6 is 0 Å². The zero-order valence-electron chi connectivity index (χ0n) is 21.2. The van der Waals surface area contributed by atoms with Crippen molar-refractivity contribution in [1.82, 2.24) is 24.9 Å². The van der Waals surface area contributed by atoms with Gasteiger partial charge in [-0.2, -0.15) is 0 Å². The van der Waals surface area contributed by atoms with Crippen LogP contribution in [0.3, 0.4) is 0 Å². The van der Waals surface area contributed by atoms with Crippen molar-refractivity contribution in [2.24, 2.45) is 5.92 Å². The molecule has 2 amide bonds. The van der Waals surface area contributed by atoms with E-state index in [2.05, 4.69) is 35.6 Å². The number of aryl methyl sites for hydroxylation is 2. The third kappa shape index (κ3) is 5.27. The lowest BCUT2D eigenvalue weighted by Gasteiger charge is -2.12. The number of hydrogen-bond acceptors (Lipinski definition) is 7. The Balaban J connectivity index is 1.27. The van der Waals surface area contributed by atoms with Crippen LogP contribution in [0.25, 0.3) is 22.5 Å². The number of rotatable bonds is 7. The fourth-order valence-corrected chi connectivity index (χ4v) is 4.34. The summed E-state index contributed by atoms with van der Waals surface area (Å²) >= 11 is 0. The summed E-state index contributed by atoms with van der Waals surface area (Å²) in [5.74, 6) is 1.46. The normalized spacial score (nSPS) is 14.7. The Bertz CT molecular complexity index is 1560. The molecule has 2 aliphatic carbocycles. The molecule has 2 saturated carbocycles. The minimum Gasteiger partial charge on any atom is -0.321 e. The van der Waals surface area contributed by atoms with E-state index in [4.69, 9.17) is 0 Å². The van der Waals surface area contributed by atoms with Gasteiger partial charge in [-0.25, -0.2) is 15.0 Å². The summed E-state index contributed by atoms with van der Waals surface area (Å²) in [6.45, 7) is 3.74. The van der Waals surface area contributed by atoms with Crippen LogP contribution in [0.15, 0.2) is 55.0 Å². The van der Waals surface area contributed by atoms with Gasteiger partial charge in [-0.1, -0.05) is 0 Å². The van der Waals surface area contributed by atoms with Crippen molar-refractivity contribution < 1.29 is 9.59 Å². The minimum atomic E-state index is -0.206. The van der Waals surface area contributed by atoms with Gasteiger partial charge in [-0.3, -0.25) is 19.6 Å². The second-order valence-corrected chi connectivity index (χ2v) is 9.93. The molecule has 2 fully saturated rings. The van der Waals surface area contributed by atoms with E-state index in [1.54, 1.807) is 24.7 Å². The number of nitrogens with zero attached hydrogens (tertiary/aromatic N) is 5. The van der Waals surface area contributed by atoms with E-state index in [1.165, 1.54) is 0 Å². The molecule has 4 aromatic heterocycles. The topological polar surface area (TPSA) is 123 Å². The highest BCUT2D eigenvalue weighted by atomic mass is 16.2. The van der Waals surface area contributed by atoms with E-state index >= 15 is 0 Å². The molecule has 0 atom stereocenters. The molecule has 0 unspecified atom stereocenters. The fraction of sp³-hybridized carbons (Fsp3) is 0.276. The Morgan fingerprint density at radius 3 is 2.42 bits per heavy atom. The summed E-state index contributed by atoms with van der Waals surface area (Å²) in [5, 5.41) is 5.85. The first-order chi connectivity index (χ1) is 18.4.